The van der Waals surface area contributed by atoms with Gasteiger partial charge in [-0.15, -0.1) is 10.2 Å². The summed E-state index contributed by atoms with van der Waals surface area (Å²) in [4.78, 5) is 14.7. The third-order valence-corrected chi connectivity index (χ3v) is 4.96. The Morgan fingerprint density at radius 2 is 1.95 bits per heavy atom. The van der Waals surface area contributed by atoms with Crippen LogP contribution in [-0.4, -0.2) is 43.0 Å². The van der Waals surface area contributed by atoms with Crippen molar-refractivity contribution in [3.05, 3.63) is 5.82 Å². The van der Waals surface area contributed by atoms with E-state index in [-0.39, 0.29) is 11.2 Å². The van der Waals surface area contributed by atoms with Crippen LogP contribution in [0, 0.1) is 6.92 Å². The normalized spacial score (nSPS) is 24.7. The van der Waals surface area contributed by atoms with Crippen LogP contribution in [0.3, 0.4) is 0 Å². The molecule has 1 aliphatic heterocycles. The number of hydrogen-bond acceptors (Lipinski definition) is 5. The molecule has 1 amide bonds. The van der Waals surface area contributed by atoms with E-state index in [1.807, 2.05) is 11.8 Å². The zero-order valence-corrected chi connectivity index (χ0v) is 13.4. The Hall–Kier alpha value is -1.24. The molecule has 0 aliphatic carbocycles. The monoisotopic (exact) mass is 297 g/mol. The van der Waals surface area contributed by atoms with Crippen LogP contribution in [0.15, 0.2) is 5.16 Å². The van der Waals surface area contributed by atoms with Gasteiger partial charge in [0.25, 0.3) is 0 Å². The Balaban J connectivity index is 2.06. The van der Waals surface area contributed by atoms with Gasteiger partial charge in [-0.25, -0.2) is 4.68 Å². The van der Waals surface area contributed by atoms with Crippen molar-refractivity contribution < 1.29 is 4.79 Å². The molecule has 1 aromatic heterocycles. The van der Waals surface area contributed by atoms with Crippen molar-refractivity contribution in [2.24, 2.45) is 0 Å². The summed E-state index contributed by atoms with van der Waals surface area (Å²) >= 11 is 1.37. The van der Waals surface area contributed by atoms with Gasteiger partial charge in [-0.2, -0.15) is 0 Å². The van der Waals surface area contributed by atoms with Crippen LogP contribution >= 0.6 is 11.8 Å². The second kappa shape index (κ2) is 6.03. The van der Waals surface area contributed by atoms with Gasteiger partial charge in [0.05, 0.1) is 5.25 Å². The number of likely N-dealkylation sites (tertiary alicyclic amines) is 1. The van der Waals surface area contributed by atoms with Gasteiger partial charge in [0.15, 0.2) is 0 Å². The smallest absolute Gasteiger partial charge is 0.236 e. The fourth-order valence-electron chi connectivity index (χ4n) is 2.70. The largest absolute Gasteiger partial charge is 0.336 e. The molecular formula is C13H23N5OS. The average molecular weight is 297 g/mol. The minimum absolute atomic E-state index is 0.162. The summed E-state index contributed by atoms with van der Waals surface area (Å²) in [5.74, 6) is 6.64. The summed E-state index contributed by atoms with van der Waals surface area (Å²) in [6, 6.07) is 0.624. The lowest BCUT2D eigenvalue weighted by Gasteiger charge is -2.40. The Kier molecular flexibility index (Phi) is 4.57. The third-order valence-electron chi connectivity index (χ3n) is 3.91. The molecule has 1 saturated heterocycles. The molecule has 7 heteroatoms. The van der Waals surface area contributed by atoms with E-state index >= 15 is 0 Å². The van der Waals surface area contributed by atoms with Gasteiger partial charge in [-0.05, 0) is 47.0 Å². The van der Waals surface area contributed by atoms with E-state index in [9.17, 15) is 4.79 Å². The summed E-state index contributed by atoms with van der Waals surface area (Å²) in [5, 5.41) is 8.29. The standard InChI is InChI=1S/C13H23N5OS/c1-8-6-5-7-9(2)17(8)12(19)10(3)20-13-16-15-11(4)18(13)14/h8-10H,5-7,14H2,1-4H3/t8-,9+,10-/m0/s1. The highest BCUT2D eigenvalue weighted by molar-refractivity contribution is 8.00. The molecule has 0 radical (unpaired) electrons. The number of thioether (sulfide) groups is 1. The SMILES string of the molecule is Cc1nnc(S[C@@H](C)C(=O)N2[C@H](C)CCC[C@@H]2C)n1N. The van der Waals surface area contributed by atoms with Gasteiger partial charge < -0.3 is 10.7 Å². The topological polar surface area (TPSA) is 77.0 Å². The molecule has 0 aromatic carbocycles. The van der Waals surface area contributed by atoms with Crippen LogP contribution in [0.1, 0.15) is 45.9 Å². The summed E-state index contributed by atoms with van der Waals surface area (Å²) < 4.78 is 1.43. The van der Waals surface area contributed by atoms with Crippen LogP contribution in [-0.2, 0) is 4.79 Å². The zero-order chi connectivity index (χ0) is 14.9. The Morgan fingerprint density at radius 3 is 2.45 bits per heavy atom. The maximum atomic E-state index is 12.6. The highest BCUT2D eigenvalue weighted by atomic mass is 32.2. The van der Waals surface area contributed by atoms with Gasteiger partial charge >= 0.3 is 0 Å². The Labute approximate surface area is 124 Å². The van der Waals surface area contributed by atoms with Crippen molar-refractivity contribution in [2.75, 3.05) is 5.84 Å². The minimum atomic E-state index is -0.205. The summed E-state index contributed by atoms with van der Waals surface area (Å²) in [6.07, 6.45) is 3.36. The van der Waals surface area contributed by atoms with Crippen molar-refractivity contribution in [1.82, 2.24) is 19.8 Å². The highest BCUT2D eigenvalue weighted by Crippen LogP contribution is 2.28. The van der Waals surface area contributed by atoms with E-state index in [0.717, 1.165) is 12.8 Å². The maximum absolute atomic E-state index is 12.6. The fraction of sp³-hybridized carbons (Fsp3) is 0.769. The second-order valence-corrected chi connectivity index (χ2v) is 6.84. The van der Waals surface area contributed by atoms with Crippen molar-refractivity contribution >= 4 is 17.7 Å². The molecule has 0 unspecified atom stereocenters. The first-order valence-electron chi connectivity index (χ1n) is 7.07. The number of piperidine rings is 1. The average Bonchev–Trinajstić information content (AvgIpc) is 2.70. The molecule has 2 heterocycles. The number of aromatic nitrogens is 3. The van der Waals surface area contributed by atoms with Crippen LogP contribution in [0.2, 0.25) is 0 Å². The molecule has 20 heavy (non-hydrogen) atoms. The third kappa shape index (κ3) is 2.92. The second-order valence-electron chi connectivity index (χ2n) is 5.53. The molecule has 0 saturated carbocycles. The predicted molar refractivity (Wildman–Crippen MR) is 79.8 cm³/mol. The van der Waals surface area contributed by atoms with Crippen LogP contribution in [0.4, 0.5) is 0 Å². The summed E-state index contributed by atoms with van der Waals surface area (Å²) in [7, 11) is 0. The van der Waals surface area contributed by atoms with Gasteiger partial charge in [-0.1, -0.05) is 11.8 Å². The van der Waals surface area contributed by atoms with Gasteiger partial charge in [-0.3, -0.25) is 4.79 Å². The molecule has 112 valence electrons. The maximum Gasteiger partial charge on any atom is 0.236 e. The van der Waals surface area contributed by atoms with E-state index in [1.165, 1.54) is 22.9 Å². The molecule has 0 bridgehead atoms. The molecule has 1 aliphatic rings. The van der Waals surface area contributed by atoms with Crippen molar-refractivity contribution in [2.45, 2.75) is 69.4 Å². The van der Waals surface area contributed by atoms with Gasteiger partial charge in [0.2, 0.25) is 11.1 Å². The van der Waals surface area contributed by atoms with E-state index < -0.39 is 0 Å². The lowest BCUT2D eigenvalue weighted by atomic mass is 9.97. The number of nitrogen functional groups attached to an aromatic ring is 1. The predicted octanol–water partition coefficient (Wildman–Crippen LogP) is 1.57. The van der Waals surface area contributed by atoms with Gasteiger partial charge in [0.1, 0.15) is 5.82 Å². The number of carbonyl (C=O) groups is 1. The highest BCUT2D eigenvalue weighted by Gasteiger charge is 2.32. The van der Waals surface area contributed by atoms with Crippen LogP contribution < -0.4 is 5.84 Å². The first kappa shape index (κ1) is 15.2. The lowest BCUT2D eigenvalue weighted by Crippen LogP contribution is -2.50. The molecule has 3 atom stereocenters. The molecule has 0 spiro atoms. The number of nitrogens with zero attached hydrogens (tertiary/aromatic N) is 4. The van der Waals surface area contributed by atoms with Crippen molar-refractivity contribution in [1.29, 1.82) is 0 Å². The molecule has 2 N–H and O–H groups in total. The first-order valence-corrected chi connectivity index (χ1v) is 7.95. The number of aryl methyl sites for hydroxylation is 1. The van der Waals surface area contributed by atoms with E-state index in [1.54, 1.807) is 6.92 Å². The molecule has 2 rings (SSSR count). The number of nitrogens with two attached hydrogens (primary N) is 1. The quantitative estimate of drug-likeness (QED) is 0.677. The number of rotatable bonds is 3. The van der Waals surface area contributed by atoms with Crippen LogP contribution in [0.25, 0.3) is 0 Å². The number of amides is 1. The minimum Gasteiger partial charge on any atom is -0.336 e. The molecule has 1 aromatic rings. The van der Waals surface area contributed by atoms with E-state index in [4.69, 9.17) is 5.84 Å². The molecular weight excluding hydrogens is 274 g/mol. The summed E-state index contributed by atoms with van der Waals surface area (Å²) in [6.45, 7) is 7.95. The van der Waals surface area contributed by atoms with E-state index in [2.05, 4.69) is 24.0 Å². The van der Waals surface area contributed by atoms with Crippen LogP contribution in [0.5, 0.6) is 0 Å². The Bertz CT molecular complexity index is 479. The fourth-order valence-corrected chi connectivity index (χ4v) is 3.58. The summed E-state index contributed by atoms with van der Waals surface area (Å²) in [5.41, 5.74) is 0. The first-order chi connectivity index (χ1) is 9.41. The van der Waals surface area contributed by atoms with E-state index in [0.29, 0.717) is 23.1 Å². The van der Waals surface area contributed by atoms with Gasteiger partial charge in [0, 0.05) is 12.1 Å². The Morgan fingerprint density at radius 1 is 1.35 bits per heavy atom. The lowest BCUT2D eigenvalue weighted by molar-refractivity contribution is -0.136. The zero-order valence-electron chi connectivity index (χ0n) is 12.5. The van der Waals surface area contributed by atoms with Crippen molar-refractivity contribution in [3.63, 3.8) is 0 Å². The molecule has 6 nitrogen and oxygen atoms in total. The number of carbonyl (C=O) groups excluding carboxylic acids is 1. The van der Waals surface area contributed by atoms with Crippen molar-refractivity contribution in [3.8, 4) is 0 Å². The molecule has 1 fully saturated rings. The number of hydrogen-bond donors (Lipinski definition) is 1.